The van der Waals surface area contributed by atoms with E-state index in [-0.39, 0.29) is 18.6 Å². The number of alkyl halides is 3. The van der Waals surface area contributed by atoms with Gasteiger partial charge in [-0.25, -0.2) is 0 Å². The number of Topliss-reactive ketones (excluding diaryl/α,β-unsaturated/α-hetero) is 1. The molecule has 0 aromatic heterocycles. The topological polar surface area (TPSA) is 46.5 Å². The lowest BCUT2D eigenvalue weighted by atomic mass is 9.98. The normalized spacial score (nSPS) is 11.4. The van der Waals surface area contributed by atoms with Crippen LogP contribution in [0.1, 0.15) is 47.3 Å². The average Bonchev–Trinajstić information content (AvgIpc) is 2.56. The molecule has 2 aromatic rings. The Hall–Kier alpha value is -2.50. The third-order valence-electron chi connectivity index (χ3n) is 3.95. The smallest absolute Gasteiger partial charge is 0.423 e. The van der Waals surface area contributed by atoms with Crippen LogP contribution in [0.2, 0.25) is 0 Å². The van der Waals surface area contributed by atoms with E-state index in [1.54, 1.807) is 19.1 Å². The number of hydrogen-bond donors (Lipinski definition) is 1. The van der Waals surface area contributed by atoms with Crippen LogP contribution in [0.5, 0.6) is 11.5 Å². The minimum atomic E-state index is -4.83. The molecule has 0 unspecified atom stereocenters. The molecule has 2 rings (SSSR count). The van der Waals surface area contributed by atoms with E-state index in [0.717, 1.165) is 24.5 Å². The van der Waals surface area contributed by atoms with Gasteiger partial charge in [-0.1, -0.05) is 37.6 Å². The zero-order chi connectivity index (χ0) is 19.3. The van der Waals surface area contributed by atoms with Crippen molar-refractivity contribution < 1.29 is 27.8 Å². The molecule has 0 spiro atoms. The van der Waals surface area contributed by atoms with Gasteiger partial charge in [0.25, 0.3) is 0 Å². The summed E-state index contributed by atoms with van der Waals surface area (Å²) in [6, 6.07) is 9.59. The molecule has 0 aliphatic rings. The molecule has 0 aliphatic carbocycles. The predicted molar refractivity (Wildman–Crippen MR) is 92.7 cm³/mol. The first kappa shape index (κ1) is 19.8. The first-order valence-corrected chi connectivity index (χ1v) is 8.44. The van der Waals surface area contributed by atoms with Gasteiger partial charge < -0.3 is 9.84 Å². The summed E-state index contributed by atoms with van der Waals surface area (Å²) >= 11 is 0. The molecule has 0 aliphatic heterocycles. The van der Waals surface area contributed by atoms with Crippen molar-refractivity contribution in [3.63, 3.8) is 0 Å². The zero-order valence-electron chi connectivity index (χ0n) is 14.7. The maximum Gasteiger partial charge on any atom is 0.423 e. The van der Waals surface area contributed by atoms with Crippen LogP contribution in [-0.4, -0.2) is 17.5 Å². The number of phenolic OH excluding ortho intramolecular Hbond substituents is 1. The molecule has 3 nitrogen and oxygen atoms in total. The summed E-state index contributed by atoms with van der Waals surface area (Å²) in [7, 11) is 0. The Morgan fingerprint density at radius 2 is 1.65 bits per heavy atom. The Balaban J connectivity index is 2.31. The van der Waals surface area contributed by atoms with E-state index in [0.29, 0.717) is 5.56 Å². The quantitative estimate of drug-likeness (QED) is 0.686. The number of aryl methyl sites for hydroxylation is 1. The molecule has 0 radical (unpaired) electrons. The Morgan fingerprint density at radius 1 is 1.04 bits per heavy atom. The van der Waals surface area contributed by atoms with Crippen LogP contribution in [0.4, 0.5) is 13.2 Å². The van der Waals surface area contributed by atoms with E-state index in [2.05, 4.69) is 6.92 Å². The largest absolute Gasteiger partial charge is 0.506 e. The Kier molecular flexibility index (Phi) is 6.29. The molecule has 2 aromatic carbocycles. The third kappa shape index (κ3) is 4.56. The molecule has 140 valence electrons. The molecule has 6 heteroatoms. The molecule has 0 saturated heterocycles. The van der Waals surface area contributed by atoms with Crippen molar-refractivity contribution in [1.29, 1.82) is 0 Å². The number of aromatic hydroxyl groups is 1. The first-order chi connectivity index (χ1) is 12.3. The van der Waals surface area contributed by atoms with Gasteiger partial charge in [-0.15, -0.1) is 0 Å². The number of carbonyl (C=O) groups excluding carboxylic acids is 1. The van der Waals surface area contributed by atoms with Crippen LogP contribution in [-0.2, 0) is 19.0 Å². The summed E-state index contributed by atoms with van der Waals surface area (Å²) in [6.07, 6.45) is -3.00. The van der Waals surface area contributed by atoms with Gasteiger partial charge in [0.1, 0.15) is 17.1 Å². The molecular weight excluding hydrogens is 345 g/mol. The van der Waals surface area contributed by atoms with E-state index in [4.69, 9.17) is 4.74 Å². The van der Waals surface area contributed by atoms with E-state index in [1.807, 2.05) is 12.1 Å². The molecular formula is C20H21F3O3. The highest BCUT2D eigenvalue weighted by atomic mass is 19.4. The molecule has 0 amide bonds. The van der Waals surface area contributed by atoms with Gasteiger partial charge in [0, 0.05) is 6.42 Å². The number of ketones is 1. The van der Waals surface area contributed by atoms with Crippen molar-refractivity contribution in [3.8, 4) is 11.5 Å². The molecule has 1 N–H and O–H groups in total. The second kappa shape index (κ2) is 8.25. The van der Waals surface area contributed by atoms with Crippen molar-refractivity contribution in [3.05, 3.63) is 58.7 Å². The number of ether oxygens (including phenoxy) is 1. The highest BCUT2D eigenvalue weighted by Gasteiger charge is 2.39. The molecule has 0 bridgehead atoms. The SMILES string of the molecule is CCCc1ccc(CC(=O)c2ccc(OCC)c(C(F)(F)F)c2O)cc1. The Bertz CT molecular complexity index is 765. The van der Waals surface area contributed by atoms with Crippen LogP contribution in [0.25, 0.3) is 0 Å². The van der Waals surface area contributed by atoms with Crippen LogP contribution in [0.15, 0.2) is 36.4 Å². The van der Waals surface area contributed by atoms with Gasteiger partial charge in [0.05, 0.1) is 12.2 Å². The number of hydrogen-bond acceptors (Lipinski definition) is 3. The third-order valence-corrected chi connectivity index (χ3v) is 3.95. The molecule has 0 heterocycles. The summed E-state index contributed by atoms with van der Waals surface area (Å²) in [5, 5.41) is 10.1. The van der Waals surface area contributed by atoms with Crippen molar-refractivity contribution >= 4 is 5.78 Å². The van der Waals surface area contributed by atoms with Gasteiger partial charge in [-0.3, -0.25) is 4.79 Å². The lowest BCUT2D eigenvalue weighted by molar-refractivity contribution is -0.140. The summed E-state index contributed by atoms with van der Waals surface area (Å²) in [4.78, 5) is 12.4. The van der Waals surface area contributed by atoms with E-state index in [1.165, 1.54) is 6.07 Å². The van der Waals surface area contributed by atoms with Gasteiger partial charge in [0.15, 0.2) is 5.78 Å². The standard InChI is InChI=1S/C20H21F3O3/c1-3-5-13-6-8-14(9-7-13)12-16(24)15-10-11-17(26-4-2)18(19(15)25)20(21,22)23/h6-11,25H,3-5,12H2,1-2H3. The van der Waals surface area contributed by atoms with Crippen molar-refractivity contribution in [2.45, 2.75) is 39.3 Å². The Morgan fingerprint density at radius 3 is 2.19 bits per heavy atom. The van der Waals surface area contributed by atoms with E-state index in [9.17, 15) is 23.1 Å². The van der Waals surface area contributed by atoms with Crippen LogP contribution in [0, 0.1) is 0 Å². The van der Waals surface area contributed by atoms with Gasteiger partial charge >= 0.3 is 6.18 Å². The molecule has 0 fully saturated rings. The van der Waals surface area contributed by atoms with Crippen molar-refractivity contribution in [1.82, 2.24) is 0 Å². The van der Waals surface area contributed by atoms with Gasteiger partial charge in [-0.2, -0.15) is 13.2 Å². The lowest BCUT2D eigenvalue weighted by Crippen LogP contribution is -2.12. The highest BCUT2D eigenvalue weighted by Crippen LogP contribution is 2.44. The fourth-order valence-electron chi connectivity index (χ4n) is 2.74. The molecule has 0 saturated carbocycles. The summed E-state index contributed by atoms with van der Waals surface area (Å²) in [5.74, 6) is -2.16. The summed E-state index contributed by atoms with van der Waals surface area (Å²) < 4.78 is 44.7. The minimum absolute atomic E-state index is 0.0138. The minimum Gasteiger partial charge on any atom is -0.506 e. The van der Waals surface area contributed by atoms with Gasteiger partial charge in [-0.05, 0) is 36.6 Å². The fourth-order valence-corrected chi connectivity index (χ4v) is 2.74. The number of rotatable bonds is 7. The second-order valence-electron chi connectivity index (χ2n) is 5.93. The summed E-state index contributed by atoms with van der Waals surface area (Å²) in [6.45, 7) is 3.61. The summed E-state index contributed by atoms with van der Waals surface area (Å²) in [5.41, 5.74) is 0.130. The highest BCUT2D eigenvalue weighted by molar-refractivity contribution is 6.00. The van der Waals surface area contributed by atoms with E-state index >= 15 is 0 Å². The number of phenols is 1. The number of carbonyl (C=O) groups is 1. The van der Waals surface area contributed by atoms with Crippen LogP contribution in [0.3, 0.4) is 0 Å². The van der Waals surface area contributed by atoms with Crippen molar-refractivity contribution in [2.24, 2.45) is 0 Å². The average molecular weight is 366 g/mol. The predicted octanol–water partition coefficient (Wildman–Crippen LogP) is 5.19. The number of halogens is 3. The second-order valence-corrected chi connectivity index (χ2v) is 5.93. The van der Waals surface area contributed by atoms with Crippen LogP contribution >= 0.6 is 0 Å². The van der Waals surface area contributed by atoms with Crippen molar-refractivity contribution in [2.75, 3.05) is 6.61 Å². The van der Waals surface area contributed by atoms with Gasteiger partial charge in [0.2, 0.25) is 0 Å². The monoisotopic (exact) mass is 366 g/mol. The number of benzene rings is 2. The lowest BCUT2D eigenvalue weighted by Gasteiger charge is -2.16. The van der Waals surface area contributed by atoms with E-state index < -0.39 is 29.0 Å². The maximum atomic E-state index is 13.3. The zero-order valence-corrected chi connectivity index (χ0v) is 14.7. The van der Waals surface area contributed by atoms with Crippen LogP contribution < -0.4 is 4.74 Å². The first-order valence-electron chi connectivity index (χ1n) is 8.44. The molecule has 26 heavy (non-hydrogen) atoms. The Labute approximate surface area is 150 Å². The molecule has 0 atom stereocenters. The maximum absolute atomic E-state index is 13.3. The fraction of sp³-hybridized carbons (Fsp3) is 0.350.